The summed E-state index contributed by atoms with van der Waals surface area (Å²) < 4.78 is 5.16. The van der Waals surface area contributed by atoms with E-state index in [1.165, 1.54) is 25.9 Å². The fourth-order valence-corrected chi connectivity index (χ4v) is 3.46. The van der Waals surface area contributed by atoms with Gasteiger partial charge in [-0.2, -0.15) is 0 Å². The van der Waals surface area contributed by atoms with E-state index in [9.17, 15) is 4.79 Å². The van der Waals surface area contributed by atoms with Crippen LogP contribution in [0.15, 0.2) is 4.99 Å². The Morgan fingerprint density at radius 1 is 1.12 bits per heavy atom. The Balaban J connectivity index is 2.45. The topological polar surface area (TPSA) is 57.2 Å². The molecule has 0 spiro atoms. The summed E-state index contributed by atoms with van der Waals surface area (Å²) in [5.41, 5.74) is 0. The number of aliphatic imine (C=N–C) groups is 1. The maximum absolute atomic E-state index is 11.9. The van der Waals surface area contributed by atoms with Crippen LogP contribution < -0.4 is 5.32 Å². The molecule has 1 aliphatic heterocycles. The van der Waals surface area contributed by atoms with Crippen molar-refractivity contribution in [2.45, 2.75) is 59.8 Å². The number of piperidine rings is 1. The summed E-state index contributed by atoms with van der Waals surface area (Å²) in [6.07, 6.45) is 5.21. The standard InChI is InChI=1S/C20H40N4O2/c1-5-13-23(14-6-2)15-9-12-22-20(21-7-3)24-16-10-18(11-17-24)19(25)26-8-4/h18H,5-17H2,1-4H3,(H,21,22). The summed E-state index contributed by atoms with van der Waals surface area (Å²) in [5, 5.41) is 3.41. The van der Waals surface area contributed by atoms with Crippen LogP contribution in [0, 0.1) is 5.92 Å². The first-order valence-electron chi connectivity index (χ1n) is 10.6. The molecule has 26 heavy (non-hydrogen) atoms. The molecule has 0 aliphatic carbocycles. The molecule has 0 aromatic heterocycles. The molecule has 0 aromatic rings. The number of esters is 1. The van der Waals surface area contributed by atoms with Gasteiger partial charge >= 0.3 is 5.97 Å². The zero-order chi connectivity index (χ0) is 19.2. The van der Waals surface area contributed by atoms with Crippen molar-refractivity contribution in [1.82, 2.24) is 15.1 Å². The molecule has 1 fully saturated rings. The van der Waals surface area contributed by atoms with Gasteiger partial charge in [0, 0.05) is 26.2 Å². The van der Waals surface area contributed by atoms with E-state index >= 15 is 0 Å². The van der Waals surface area contributed by atoms with E-state index in [1.807, 2.05) is 6.92 Å². The molecule has 1 N–H and O–H groups in total. The maximum Gasteiger partial charge on any atom is 0.309 e. The molecule has 0 atom stereocenters. The van der Waals surface area contributed by atoms with Crippen molar-refractivity contribution in [1.29, 1.82) is 0 Å². The highest BCUT2D eigenvalue weighted by Crippen LogP contribution is 2.18. The molecule has 0 bridgehead atoms. The Morgan fingerprint density at radius 3 is 2.31 bits per heavy atom. The van der Waals surface area contributed by atoms with Crippen molar-refractivity contribution in [3.05, 3.63) is 0 Å². The van der Waals surface area contributed by atoms with Crippen LogP contribution in [0.25, 0.3) is 0 Å². The normalized spacial score (nSPS) is 16.2. The molecular weight excluding hydrogens is 328 g/mol. The number of nitrogens with zero attached hydrogens (tertiary/aromatic N) is 3. The molecule has 0 saturated carbocycles. The maximum atomic E-state index is 11.9. The van der Waals surface area contributed by atoms with E-state index < -0.39 is 0 Å². The Kier molecular flexibility index (Phi) is 12.1. The van der Waals surface area contributed by atoms with Crippen molar-refractivity contribution >= 4 is 11.9 Å². The molecule has 6 nitrogen and oxygen atoms in total. The van der Waals surface area contributed by atoms with Crippen LogP contribution >= 0.6 is 0 Å². The molecule has 1 aliphatic rings. The zero-order valence-corrected chi connectivity index (χ0v) is 17.4. The minimum absolute atomic E-state index is 0.0407. The highest BCUT2D eigenvalue weighted by Gasteiger charge is 2.27. The molecule has 152 valence electrons. The predicted octanol–water partition coefficient (Wildman–Crippen LogP) is 2.74. The summed E-state index contributed by atoms with van der Waals surface area (Å²) in [6.45, 7) is 15.9. The first-order chi connectivity index (χ1) is 12.7. The van der Waals surface area contributed by atoms with Gasteiger partial charge in [-0.25, -0.2) is 0 Å². The lowest BCUT2D eigenvalue weighted by molar-refractivity contribution is -0.149. The minimum atomic E-state index is -0.0407. The molecule has 0 radical (unpaired) electrons. The van der Waals surface area contributed by atoms with Crippen LogP contribution in [-0.2, 0) is 9.53 Å². The number of hydrogen-bond acceptors (Lipinski definition) is 4. The lowest BCUT2D eigenvalue weighted by atomic mass is 9.97. The summed E-state index contributed by atoms with van der Waals surface area (Å²) in [4.78, 5) is 21.5. The summed E-state index contributed by atoms with van der Waals surface area (Å²) in [5.74, 6) is 0.999. The number of ether oxygens (including phenoxy) is 1. The Morgan fingerprint density at radius 2 is 1.77 bits per heavy atom. The summed E-state index contributed by atoms with van der Waals surface area (Å²) in [7, 11) is 0. The quantitative estimate of drug-likeness (QED) is 0.263. The third kappa shape index (κ3) is 8.39. The fraction of sp³-hybridized carbons (Fsp3) is 0.900. The van der Waals surface area contributed by atoms with Crippen molar-refractivity contribution in [3.8, 4) is 0 Å². The van der Waals surface area contributed by atoms with Gasteiger partial charge in [-0.05, 0) is 65.6 Å². The first-order valence-corrected chi connectivity index (χ1v) is 10.6. The molecule has 0 aromatic carbocycles. The number of likely N-dealkylation sites (tertiary alicyclic amines) is 1. The molecular formula is C20H40N4O2. The number of hydrogen-bond donors (Lipinski definition) is 1. The van der Waals surface area contributed by atoms with Crippen LogP contribution in [0.2, 0.25) is 0 Å². The van der Waals surface area contributed by atoms with E-state index in [2.05, 4.69) is 35.9 Å². The monoisotopic (exact) mass is 368 g/mol. The number of rotatable bonds is 11. The molecule has 1 heterocycles. The molecule has 1 rings (SSSR count). The summed E-state index contributed by atoms with van der Waals surface area (Å²) in [6, 6.07) is 0. The highest BCUT2D eigenvalue weighted by molar-refractivity contribution is 5.80. The second-order valence-corrected chi connectivity index (χ2v) is 6.94. The van der Waals surface area contributed by atoms with Gasteiger partial charge in [-0.15, -0.1) is 0 Å². The third-order valence-corrected chi connectivity index (χ3v) is 4.72. The van der Waals surface area contributed by atoms with Crippen LogP contribution in [0.3, 0.4) is 0 Å². The average molecular weight is 369 g/mol. The van der Waals surface area contributed by atoms with Gasteiger partial charge in [0.25, 0.3) is 0 Å². The van der Waals surface area contributed by atoms with Gasteiger partial charge in [-0.3, -0.25) is 9.79 Å². The highest BCUT2D eigenvalue weighted by atomic mass is 16.5. The van der Waals surface area contributed by atoms with Gasteiger partial charge in [0.2, 0.25) is 0 Å². The first kappa shape index (κ1) is 22.7. The van der Waals surface area contributed by atoms with Gasteiger partial charge < -0.3 is 19.9 Å². The van der Waals surface area contributed by atoms with Crippen LogP contribution in [0.5, 0.6) is 0 Å². The van der Waals surface area contributed by atoms with E-state index in [0.717, 1.165) is 57.9 Å². The van der Waals surface area contributed by atoms with Gasteiger partial charge in [-0.1, -0.05) is 13.8 Å². The number of carbonyl (C=O) groups is 1. The lowest BCUT2D eigenvalue weighted by Gasteiger charge is -2.33. The lowest BCUT2D eigenvalue weighted by Crippen LogP contribution is -2.46. The largest absolute Gasteiger partial charge is 0.466 e. The molecule has 0 unspecified atom stereocenters. The number of guanidine groups is 1. The molecule has 1 saturated heterocycles. The Bertz CT molecular complexity index is 401. The smallest absolute Gasteiger partial charge is 0.309 e. The molecule has 0 amide bonds. The third-order valence-electron chi connectivity index (χ3n) is 4.72. The minimum Gasteiger partial charge on any atom is -0.466 e. The van der Waals surface area contributed by atoms with Crippen LogP contribution in [0.4, 0.5) is 0 Å². The second-order valence-electron chi connectivity index (χ2n) is 6.94. The van der Waals surface area contributed by atoms with Gasteiger partial charge in [0.1, 0.15) is 0 Å². The van der Waals surface area contributed by atoms with Crippen molar-refractivity contribution in [2.24, 2.45) is 10.9 Å². The predicted molar refractivity (Wildman–Crippen MR) is 109 cm³/mol. The van der Waals surface area contributed by atoms with Crippen LogP contribution in [0.1, 0.15) is 59.8 Å². The van der Waals surface area contributed by atoms with Gasteiger partial charge in [0.05, 0.1) is 12.5 Å². The second kappa shape index (κ2) is 13.8. The number of nitrogens with one attached hydrogen (secondary N) is 1. The number of carbonyl (C=O) groups excluding carboxylic acids is 1. The SMILES string of the molecule is CCCN(CCC)CCCN=C(NCC)N1CCC(C(=O)OCC)CC1. The van der Waals surface area contributed by atoms with Crippen LogP contribution in [-0.4, -0.2) is 74.1 Å². The molecule has 6 heteroatoms. The fourth-order valence-electron chi connectivity index (χ4n) is 3.46. The van der Waals surface area contributed by atoms with Crippen molar-refractivity contribution < 1.29 is 9.53 Å². The van der Waals surface area contributed by atoms with E-state index in [-0.39, 0.29) is 11.9 Å². The van der Waals surface area contributed by atoms with E-state index in [4.69, 9.17) is 9.73 Å². The Labute approximate surface area is 160 Å². The van der Waals surface area contributed by atoms with E-state index in [1.54, 1.807) is 0 Å². The Hall–Kier alpha value is -1.30. The average Bonchev–Trinajstić information content (AvgIpc) is 2.65. The van der Waals surface area contributed by atoms with Crippen molar-refractivity contribution in [2.75, 3.05) is 52.4 Å². The summed E-state index contributed by atoms with van der Waals surface area (Å²) >= 11 is 0. The van der Waals surface area contributed by atoms with E-state index in [0.29, 0.717) is 6.61 Å². The van der Waals surface area contributed by atoms with Crippen molar-refractivity contribution in [3.63, 3.8) is 0 Å². The van der Waals surface area contributed by atoms with Gasteiger partial charge in [0.15, 0.2) is 5.96 Å². The zero-order valence-electron chi connectivity index (χ0n) is 17.4.